The van der Waals surface area contributed by atoms with E-state index in [1.165, 1.54) is 6.08 Å². The topological polar surface area (TPSA) is 29.5 Å². The van der Waals surface area contributed by atoms with Crippen LogP contribution in [-0.4, -0.2) is 18.8 Å². The smallest absolute Gasteiger partial charge is 0.131 e. The number of hydrogen-bond acceptors (Lipinski definition) is 2. The SMILES string of the molecule is C=CC(O)(COC)c1ccccc1. The molecule has 0 heterocycles. The van der Waals surface area contributed by atoms with Crippen molar-refractivity contribution in [3.63, 3.8) is 0 Å². The summed E-state index contributed by atoms with van der Waals surface area (Å²) in [6.07, 6.45) is 1.49. The minimum absolute atomic E-state index is 0.223. The standard InChI is InChI=1S/C11H14O2/c1-3-11(12,9-13-2)10-7-5-4-6-8-10/h3-8,12H,1,9H2,2H3. The quantitative estimate of drug-likeness (QED) is 0.711. The Hall–Kier alpha value is -1.12. The van der Waals surface area contributed by atoms with E-state index in [2.05, 4.69) is 6.58 Å². The van der Waals surface area contributed by atoms with Gasteiger partial charge < -0.3 is 9.84 Å². The van der Waals surface area contributed by atoms with Gasteiger partial charge in [0.1, 0.15) is 5.60 Å². The summed E-state index contributed by atoms with van der Waals surface area (Å²) in [5.41, 5.74) is -0.275. The summed E-state index contributed by atoms with van der Waals surface area (Å²) in [6, 6.07) is 9.35. The highest BCUT2D eigenvalue weighted by atomic mass is 16.5. The van der Waals surface area contributed by atoms with Crippen molar-refractivity contribution in [2.45, 2.75) is 5.60 Å². The molecule has 0 aromatic heterocycles. The molecule has 1 unspecified atom stereocenters. The Balaban J connectivity index is 2.95. The first-order chi connectivity index (χ1) is 6.23. The zero-order valence-corrected chi connectivity index (χ0v) is 7.73. The van der Waals surface area contributed by atoms with Crippen molar-refractivity contribution in [3.05, 3.63) is 48.6 Å². The highest BCUT2D eigenvalue weighted by molar-refractivity contribution is 5.26. The molecule has 2 heteroatoms. The van der Waals surface area contributed by atoms with Crippen LogP contribution in [-0.2, 0) is 10.3 Å². The Morgan fingerprint density at radius 2 is 2.08 bits per heavy atom. The van der Waals surface area contributed by atoms with Gasteiger partial charge in [-0.25, -0.2) is 0 Å². The van der Waals surface area contributed by atoms with Gasteiger partial charge in [-0.15, -0.1) is 0 Å². The van der Waals surface area contributed by atoms with Crippen LogP contribution in [0.3, 0.4) is 0 Å². The molecular weight excluding hydrogens is 164 g/mol. The molecular formula is C11H14O2. The molecule has 2 nitrogen and oxygen atoms in total. The van der Waals surface area contributed by atoms with E-state index in [-0.39, 0.29) is 6.61 Å². The zero-order chi connectivity index (χ0) is 9.73. The minimum Gasteiger partial charge on any atom is -0.381 e. The lowest BCUT2D eigenvalue weighted by atomic mass is 9.95. The van der Waals surface area contributed by atoms with Gasteiger partial charge in [-0.3, -0.25) is 0 Å². The van der Waals surface area contributed by atoms with Gasteiger partial charge in [0.15, 0.2) is 0 Å². The van der Waals surface area contributed by atoms with Crippen LogP contribution in [0.5, 0.6) is 0 Å². The molecule has 1 rings (SSSR count). The molecule has 0 aliphatic heterocycles. The number of benzene rings is 1. The Morgan fingerprint density at radius 1 is 1.46 bits per heavy atom. The Kier molecular flexibility index (Phi) is 3.23. The van der Waals surface area contributed by atoms with Crippen LogP contribution in [0.25, 0.3) is 0 Å². The third-order valence-corrected chi connectivity index (χ3v) is 1.98. The van der Waals surface area contributed by atoms with Gasteiger partial charge in [-0.05, 0) is 5.56 Å². The average molecular weight is 178 g/mol. The van der Waals surface area contributed by atoms with E-state index >= 15 is 0 Å². The third kappa shape index (κ3) is 2.17. The second-order valence-electron chi connectivity index (χ2n) is 2.93. The normalized spacial score (nSPS) is 14.9. The lowest BCUT2D eigenvalue weighted by Gasteiger charge is -2.23. The molecule has 1 atom stereocenters. The van der Waals surface area contributed by atoms with Gasteiger partial charge in [0.05, 0.1) is 6.61 Å². The van der Waals surface area contributed by atoms with Gasteiger partial charge in [0.25, 0.3) is 0 Å². The van der Waals surface area contributed by atoms with Crippen molar-refractivity contribution >= 4 is 0 Å². The van der Waals surface area contributed by atoms with Crippen molar-refractivity contribution in [2.24, 2.45) is 0 Å². The van der Waals surface area contributed by atoms with Crippen molar-refractivity contribution in [2.75, 3.05) is 13.7 Å². The Labute approximate surface area is 78.5 Å². The molecule has 1 N–H and O–H groups in total. The predicted molar refractivity (Wildman–Crippen MR) is 52.4 cm³/mol. The minimum atomic E-state index is -1.07. The fourth-order valence-electron chi connectivity index (χ4n) is 1.21. The highest BCUT2D eigenvalue weighted by Gasteiger charge is 2.24. The molecule has 1 aromatic carbocycles. The molecule has 13 heavy (non-hydrogen) atoms. The summed E-state index contributed by atoms with van der Waals surface area (Å²) in [7, 11) is 1.55. The van der Waals surface area contributed by atoms with E-state index in [0.29, 0.717) is 0 Å². The first-order valence-corrected chi connectivity index (χ1v) is 4.13. The molecule has 70 valence electrons. The maximum Gasteiger partial charge on any atom is 0.131 e. The van der Waals surface area contributed by atoms with Crippen LogP contribution in [0.1, 0.15) is 5.56 Å². The first kappa shape index (κ1) is 9.96. The number of rotatable bonds is 4. The Morgan fingerprint density at radius 3 is 2.54 bits per heavy atom. The molecule has 0 aliphatic rings. The number of methoxy groups -OCH3 is 1. The van der Waals surface area contributed by atoms with Gasteiger partial charge in [0, 0.05) is 7.11 Å². The summed E-state index contributed by atoms with van der Waals surface area (Å²) < 4.78 is 4.93. The van der Waals surface area contributed by atoms with E-state index in [1.807, 2.05) is 30.3 Å². The fourth-order valence-corrected chi connectivity index (χ4v) is 1.21. The molecule has 0 saturated heterocycles. The second-order valence-corrected chi connectivity index (χ2v) is 2.93. The van der Waals surface area contributed by atoms with Crippen molar-refractivity contribution < 1.29 is 9.84 Å². The van der Waals surface area contributed by atoms with Crippen LogP contribution in [0.4, 0.5) is 0 Å². The van der Waals surface area contributed by atoms with Crippen LogP contribution >= 0.6 is 0 Å². The summed E-state index contributed by atoms with van der Waals surface area (Å²) in [5.74, 6) is 0. The number of ether oxygens (including phenoxy) is 1. The zero-order valence-electron chi connectivity index (χ0n) is 7.73. The lowest BCUT2D eigenvalue weighted by molar-refractivity contribution is 0.00304. The monoisotopic (exact) mass is 178 g/mol. The molecule has 0 spiro atoms. The van der Waals surface area contributed by atoms with E-state index in [4.69, 9.17) is 4.74 Å². The first-order valence-electron chi connectivity index (χ1n) is 4.13. The maximum absolute atomic E-state index is 10.0. The van der Waals surface area contributed by atoms with E-state index < -0.39 is 5.60 Å². The maximum atomic E-state index is 10.0. The summed E-state index contributed by atoms with van der Waals surface area (Å²) in [5, 5.41) is 10.0. The summed E-state index contributed by atoms with van der Waals surface area (Å²) in [6.45, 7) is 3.82. The summed E-state index contributed by atoms with van der Waals surface area (Å²) >= 11 is 0. The van der Waals surface area contributed by atoms with Crippen molar-refractivity contribution in [3.8, 4) is 0 Å². The van der Waals surface area contributed by atoms with Crippen LogP contribution < -0.4 is 0 Å². The summed E-state index contributed by atoms with van der Waals surface area (Å²) in [4.78, 5) is 0. The number of hydrogen-bond donors (Lipinski definition) is 1. The van der Waals surface area contributed by atoms with Crippen LogP contribution in [0.2, 0.25) is 0 Å². The van der Waals surface area contributed by atoms with Crippen molar-refractivity contribution in [1.29, 1.82) is 0 Å². The molecule has 1 aromatic rings. The molecule has 0 bridgehead atoms. The molecule has 0 aliphatic carbocycles. The predicted octanol–water partition coefficient (Wildman–Crippen LogP) is 1.71. The molecule has 0 fully saturated rings. The van der Waals surface area contributed by atoms with E-state index in [1.54, 1.807) is 7.11 Å². The molecule has 0 saturated carbocycles. The molecule has 0 radical (unpaired) electrons. The van der Waals surface area contributed by atoms with Crippen LogP contribution in [0.15, 0.2) is 43.0 Å². The van der Waals surface area contributed by atoms with Gasteiger partial charge in [-0.1, -0.05) is 43.0 Å². The third-order valence-electron chi connectivity index (χ3n) is 1.98. The van der Waals surface area contributed by atoms with Gasteiger partial charge >= 0.3 is 0 Å². The fraction of sp³-hybridized carbons (Fsp3) is 0.273. The average Bonchev–Trinajstić information content (AvgIpc) is 2.19. The van der Waals surface area contributed by atoms with Crippen LogP contribution in [0, 0.1) is 0 Å². The lowest BCUT2D eigenvalue weighted by Crippen LogP contribution is -2.28. The molecule has 0 amide bonds. The number of aliphatic hydroxyl groups is 1. The van der Waals surface area contributed by atoms with Gasteiger partial charge in [0.2, 0.25) is 0 Å². The van der Waals surface area contributed by atoms with E-state index in [0.717, 1.165) is 5.56 Å². The highest BCUT2D eigenvalue weighted by Crippen LogP contribution is 2.21. The van der Waals surface area contributed by atoms with Gasteiger partial charge in [-0.2, -0.15) is 0 Å². The largest absolute Gasteiger partial charge is 0.381 e. The second kappa shape index (κ2) is 4.21. The Bertz CT molecular complexity index is 269. The van der Waals surface area contributed by atoms with Crippen molar-refractivity contribution in [1.82, 2.24) is 0 Å². The van der Waals surface area contributed by atoms with E-state index in [9.17, 15) is 5.11 Å².